The average Bonchev–Trinajstić information content (AvgIpc) is 2.86. The normalized spacial score (nSPS) is 27.2. The molecule has 2 heterocycles. The van der Waals surface area contributed by atoms with Gasteiger partial charge in [-0.3, -0.25) is 9.36 Å². The number of nitrogens with two attached hydrogens (primary N) is 1. The molecule has 1 saturated heterocycles. The lowest BCUT2D eigenvalue weighted by atomic mass is 10.1. The van der Waals surface area contributed by atoms with Crippen LogP contribution in [0.25, 0.3) is 0 Å². The van der Waals surface area contributed by atoms with Gasteiger partial charge in [-0.25, -0.2) is 4.79 Å². The summed E-state index contributed by atoms with van der Waals surface area (Å²) >= 11 is 0. The molecule has 11 nitrogen and oxygen atoms in total. The van der Waals surface area contributed by atoms with Crippen LogP contribution < -0.4 is 11.4 Å². The van der Waals surface area contributed by atoms with Gasteiger partial charge < -0.3 is 35.3 Å². The van der Waals surface area contributed by atoms with Gasteiger partial charge in [0.15, 0.2) is 12.5 Å². The van der Waals surface area contributed by atoms with Crippen LogP contribution in [-0.4, -0.2) is 69.2 Å². The summed E-state index contributed by atoms with van der Waals surface area (Å²) in [5, 5.41) is 29.8. The molecule has 140 valence electrons. The van der Waals surface area contributed by atoms with Crippen molar-refractivity contribution in [3.8, 4) is 0 Å². The van der Waals surface area contributed by atoms with E-state index in [1.54, 1.807) is 0 Å². The molecule has 0 radical (unpaired) electrons. The van der Waals surface area contributed by atoms with E-state index in [0.717, 1.165) is 4.57 Å². The predicted octanol–water partition coefficient (Wildman–Crippen LogP) is -2.27. The van der Waals surface area contributed by atoms with Gasteiger partial charge in [0.25, 0.3) is 0 Å². The fourth-order valence-electron chi connectivity index (χ4n) is 2.35. The van der Waals surface area contributed by atoms with Crippen molar-refractivity contribution in [2.24, 2.45) is 0 Å². The van der Waals surface area contributed by atoms with Crippen LogP contribution in [0.2, 0.25) is 0 Å². The number of anilines is 1. The summed E-state index contributed by atoms with van der Waals surface area (Å²) in [5.41, 5.74) is 4.66. The molecule has 0 bridgehead atoms. The lowest BCUT2D eigenvalue weighted by Gasteiger charge is -2.18. The van der Waals surface area contributed by atoms with Crippen LogP contribution in [0.4, 0.5) is 5.82 Å². The Balaban J connectivity index is 1.93. The van der Waals surface area contributed by atoms with Gasteiger partial charge in [0.05, 0.1) is 20.1 Å². The summed E-state index contributed by atoms with van der Waals surface area (Å²) < 4.78 is 16.0. The number of hydrogen-bond donors (Lipinski definition) is 4. The molecule has 1 fully saturated rings. The highest BCUT2D eigenvalue weighted by Gasteiger charge is 2.44. The molecule has 1 aromatic rings. The third-order valence-corrected chi connectivity index (χ3v) is 3.74. The number of aliphatic hydroxyl groups excluding tert-OH is 3. The maximum absolute atomic E-state index is 11.8. The van der Waals surface area contributed by atoms with Gasteiger partial charge in [-0.05, 0) is 6.07 Å². The largest absolute Gasteiger partial charge is 0.469 e. The van der Waals surface area contributed by atoms with E-state index in [-0.39, 0.29) is 25.3 Å². The summed E-state index contributed by atoms with van der Waals surface area (Å²) in [6.07, 6.45) is -4.92. The Labute approximate surface area is 142 Å². The smallest absolute Gasteiger partial charge is 0.351 e. The summed E-state index contributed by atoms with van der Waals surface area (Å²) in [7, 11) is 1.23. The van der Waals surface area contributed by atoms with Crippen LogP contribution in [0.15, 0.2) is 17.1 Å². The zero-order chi connectivity index (χ0) is 18.6. The van der Waals surface area contributed by atoms with Crippen molar-refractivity contribution in [2.75, 3.05) is 19.5 Å². The Morgan fingerprint density at radius 1 is 1.48 bits per heavy atom. The number of hydrogen-bond acceptors (Lipinski definition) is 10. The lowest BCUT2D eigenvalue weighted by Crippen LogP contribution is -2.36. The lowest BCUT2D eigenvalue weighted by molar-refractivity contribution is -0.155. The molecule has 1 aliphatic rings. The van der Waals surface area contributed by atoms with E-state index in [2.05, 4.69) is 9.72 Å². The van der Waals surface area contributed by atoms with Gasteiger partial charge in [-0.1, -0.05) is 0 Å². The maximum atomic E-state index is 11.8. The Morgan fingerprint density at radius 2 is 2.20 bits per heavy atom. The van der Waals surface area contributed by atoms with Crippen LogP contribution in [-0.2, 0) is 19.0 Å². The fourth-order valence-corrected chi connectivity index (χ4v) is 2.35. The molecule has 11 heteroatoms. The Bertz CT molecular complexity index is 651. The predicted molar refractivity (Wildman–Crippen MR) is 82.0 cm³/mol. The molecule has 25 heavy (non-hydrogen) atoms. The quantitative estimate of drug-likeness (QED) is 0.308. The second kappa shape index (κ2) is 8.36. The molecule has 1 aliphatic heterocycles. The van der Waals surface area contributed by atoms with Gasteiger partial charge in [0.1, 0.15) is 24.1 Å². The molecule has 5 N–H and O–H groups in total. The summed E-state index contributed by atoms with van der Waals surface area (Å²) in [6, 6.07) is 1.35. The van der Waals surface area contributed by atoms with Crippen molar-refractivity contribution in [3.05, 3.63) is 22.7 Å². The standard InChI is InChI=1S/C14H21N3O8/c1-23-9(18)2-3-10(19)24-6-7-11(20)12(21)13(25-7)17-5-4-8(15)16-14(17)22/h4-5,7,10-13,19-21H,2-3,6H2,1H3,(H2,15,16,22). The average molecular weight is 359 g/mol. The van der Waals surface area contributed by atoms with Crippen molar-refractivity contribution in [1.82, 2.24) is 9.55 Å². The fraction of sp³-hybridized carbons (Fsp3) is 0.643. The highest BCUT2D eigenvalue weighted by Crippen LogP contribution is 2.28. The first kappa shape index (κ1) is 19.3. The van der Waals surface area contributed by atoms with E-state index in [1.807, 2.05) is 0 Å². The van der Waals surface area contributed by atoms with Crippen molar-refractivity contribution in [3.63, 3.8) is 0 Å². The number of carbonyl (C=O) groups excluding carboxylic acids is 1. The number of nitrogen functional groups attached to an aromatic ring is 1. The minimum atomic E-state index is -1.40. The first-order chi connectivity index (χ1) is 11.8. The summed E-state index contributed by atoms with van der Waals surface area (Å²) in [4.78, 5) is 26.3. The minimum absolute atomic E-state index is 0.00279. The molecule has 0 spiro atoms. The van der Waals surface area contributed by atoms with Crippen molar-refractivity contribution < 1.29 is 34.3 Å². The van der Waals surface area contributed by atoms with E-state index < -0.39 is 42.5 Å². The molecule has 1 aromatic heterocycles. The highest BCUT2D eigenvalue weighted by atomic mass is 16.6. The molecule has 0 aliphatic carbocycles. The number of aromatic nitrogens is 2. The van der Waals surface area contributed by atoms with Crippen LogP contribution >= 0.6 is 0 Å². The SMILES string of the molecule is COC(=O)CCC(O)OCC1OC(n2ccc(N)nc2=O)C(O)C1O. The zero-order valence-corrected chi connectivity index (χ0v) is 13.5. The van der Waals surface area contributed by atoms with Gasteiger partial charge >= 0.3 is 11.7 Å². The number of aliphatic hydroxyl groups is 3. The topological polar surface area (TPSA) is 166 Å². The van der Waals surface area contributed by atoms with Crippen LogP contribution in [0.3, 0.4) is 0 Å². The van der Waals surface area contributed by atoms with Gasteiger partial charge in [0, 0.05) is 12.6 Å². The van der Waals surface area contributed by atoms with Crippen molar-refractivity contribution in [2.45, 2.75) is 43.7 Å². The van der Waals surface area contributed by atoms with E-state index >= 15 is 0 Å². The number of carbonyl (C=O) groups is 1. The molecule has 0 saturated carbocycles. The molecule has 5 unspecified atom stereocenters. The first-order valence-corrected chi connectivity index (χ1v) is 7.56. The third kappa shape index (κ3) is 4.74. The molecule has 5 atom stereocenters. The Kier molecular flexibility index (Phi) is 6.45. The zero-order valence-electron chi connectivity index (χ0n) is 13.5. The summed E-state index contributed by atoms with van der Waals surface area (Å²) in [6.45, 7) is -0.256. The second-order valence-corrected chi connectivity index (χ2v) is 5.49. The second-order valence-electron chi connectivity index (χ2n) is 5.49. The highest BCUT2D eigenvalue weighted by molar-refractivity contribution is 5.69. The Morgan fingerprint density at radius 3 is 2.84 bits per heavy atom. The molecular formula is C14H21N3O8. The number of esters is 1. The minimum Gasteiger partial charge on any atom is -0.469 e. The monoisotopic (exact) mass is 359 g/mol. The first-order valence-electron chi connectivity index (χ1n) is 7.56. The van der Waals surface area contributed by atoms with Gasteiger partial charge in [-0.2, -0.15) is 4.98 Å². The van der Waals surface area contributed by atoms with Gasteiger partial charge in [-0.15, -0.1) is 0 Å². The van der Waals surface area contributed by atoms with Crippen LogP contribution in [0.5, 0.6) is 0 Å². The number of ether oxygens (including phenoxy) is 3. The molecule has 2 rings (SSSR count). The molecule has 0 amide bonds. The number of nitrogens with zero attached hydrogens (tertiary/aromatic N) is 2. The van der Waals surface area contributed by atoms with Crippen LogP contribution in [0, 0.1) is 0 Å². The van der Waals surface area contributed by atoms with E-state index in [4.69, 9.17) is 15.2 Å². The van der Waals surface area contributed by atoms with Crippen molar-refractivity contribution >= 4 is 11.8 Å². The van der Waals surface area contributed by atoms with Crippen LogP contribution in [0.1, 0.15) is 19.1 Å². The maximum Gasteiger partial charge on any atom is 0.351 e. The molecule has 0 aromatic carbocycles. The van der Waals surface area contributed by atoms with E-state index in [0.29, 0.717) is 0 Å². The summed E-state index contributed by atoms with van der Waals surface area (Å²) in [5.74, 6) is -0.478. The third-order valence-electron chi connectivity index (χ3n) is 3.74. The number of rotatable bonds is 7. The number of methoxy groups -OCH3 is 1. The van der Waals surface area contributed by atoms with Gasteiger partial charge in [0.2, 0.25) is 0 Å². The molecular weight excluding hydrogens is 338 g/mol. The Hall–Kier alpha value is -2.05. The van der Waals surface area contributed by atoms with Crippen molar-refractivity contribution in [1.29, 1.82) is 0 Å². The van der Waals surface area contributed by atoms with E-state index in [9.17, 15) is 24.9 Å². The van der Waals surface area contributed by atoms with E-state index in [1.165, 1.54) is 19.4 Å².